The van der Waals surface area contributed by atoms with E-state index in [1.54, 1.807) is 0 Å². The Morgan fingerprint density at radius 3 is 2.42 bits per heavy atom. The molecule has 1 aliphatic carbocycles. The molecule has 2 aromatic rings. The zero-order chi connectivity index (χ0) is 18.2. The molecule has 140 valence electrons. The summed E-state index contributed by atoms with van der Waals surface area (Å²) < 4.78 is 6.01. The van der Waals surface area contributed by atoms with Crippen LogP contribution in [0.15, 0.2) is 54.6 Å². The van der Waals surface area contributed by atoms with Crippen molar-refractivity contribution < 1.29 is 9.84 Å². The number of hydrogen-bond donors (Lipinski definition) is 1. The molecule has 1 fully saturated rings. The second kappa shape index (κ2) is 9.75. The fourth-order valence-electron chi connectivity index (χ4n) is 3.94. The molecule has 0 radical (unpaired) electrons. The predicted molar refractivity (Wildman–Crippen MR) is 107 cm³/mol. The molecule has 0 heterocycles. The van der Waals surface area contributed by atoms with Gasteiger partial charge in [-0.3, -0.25) is 4.90 Å². The van der Waals surface area contributed by atoms with Gasteiger partial charge in [0.2, 0.25) is 0 Å². The Labute approximate surface area is 157 Å². The molecule has 0 spiro atoms. The van der Waals surface area contributed by atoms with Crippen molar-refractivity contribution in [3.63, 3.8) is 0 Å². The van der Waals surface area contributed by atoms with Gasteiger partial charge in [0.25, 0.3) is 0 Å². The van der Waals surface area contributed by atoms with E-state index >= 15 is 0 Å². The van der Waals surface area contributed by atoms with E-state index in [4.69, 9.17) is 4.74 Å². The first-order chi connectivity index (χ1) is 12.8. The summed E-state index contributed by atoms with van der Waals surface area (Å²) in [7, 11) is 0. The molecule has 0 aromatic heterocycles. The van der Waals surface area contributed by atoms with Crippen LogP contribution < -0.4 is 4.74 Å². The normalized spacial score (nSPS) is 16.6. The summed E-state index contributed by atoms with van der Waals surface area (Å²) in [6, 6.07) is 18.9. The van der Waals surface area contributed by atoms with Crippen molar-refractivity contribution in [2.24, 2.45) is 0 Å². The second-order valence-corrected chi connectivity index (χ2v) is 7.21. The van der Waals surface area contributed by atoms with Crippen molar-refractivity contribution in [2.75, 3.05) is 19.7 Å². The average Bonchev–Trinajstić information content (AvgIpc) is 2.72. The highest BCUT2D eigenvalue weighted by Crippen LogP contribution is 2.29. The topological polar surface area (TPSA) is 32.7 Å². The van der Waals surface area contributed by atoms with Crippen LogP contribution in [0.4, 0.5) is 0 Å². The Balaban J connectivity index is 1.58. The van der Waals surface area contributed by atoms with Gasteiger partial charge in [-0.1, -0.05) is 74.7 Å². The third-order valence-corrected chi connectivity index (χ3v) is 5.35. The monoisotopic (exact) mass is 353 g/mol. The van der Waals surface area contributed by atoms with E-state index in [9.17, 15) is 5.11 Å². The maximum absolute atomic E-state index is 10.5. The number of benzene rings is 2. The van der Waals surface area contributed by atoms with Crippen molar-refractivity contribution in [1.82, 2.24) is 4.90 Å². The van der Waals surface area contributed by atoms with Gasteiger partial charge < -0.3 is 9.84 Å². The Morgan fingerprint density at radius 2 is 1.69 bits per heavy atom. The van der Waals surface area contributed by atoms with Crippen LogP contribution in [0, 0.1) is 0 Å². The van der Waals surface area contributed by atoms with Crippen LogP contribution >= 0.6 is 0 Å². The van der Waals surface area contributed by atoms with Crippen LogP contribution in [0.1, 0.15) is 39.0 Å². The molecule has 1 unspecified atom stereocenters. The van der Waals surface area contributed by atoms with Crippen molar-refractivity contribution in [1.29, 1.82) is 0 Å². The van der Waals surface area contributed by atoms with E-state index in [1.807, 2.05) is 36.4 Å². The maximum Gasteiger partial charge on any atom is 0.127 e. The summed E-state index contributed by atoms with van der Waals surface area (Å²) in [5.74, 6) is 0.832. The number of likely N-dealkylation sites (N-methyl/N-ethyl adjacent to an activating group) is 1. The van der Waals surface area contributed by atoms with Crippen LogP contribution in [0.2, 0.25) is 0 Å². The number of aliphatic hydroxyl groups excluding tert-OH is 1. The van der Waals surface area contributed by atoms with Gasteiger partial charge in [-0.25, -0.2) is 0 Å². The molecule has 26 heavy (non-hydrogen) atoms. The van der Waals surface area contributed by atoms with Crippen molar-refractivity contribution in [3.8, 4) is 16.9 Å². The number of rotatable bonds is 8. The minimum Gasteiger partial charge on any atom is -0.490 e. The molecular formula is C23H31NO2. The third-order valence-electron chi connectivity index (χ3n) is 5.35. The minimum absolute atomic E-state index is 0.326. The quantitative estimate of drug-likeness (QED) is 0.743. The molecule has 0 saturated heterocycles. The average molecular weight is 354 g/mol. The molecule has 0 bridgehead atoms. The zero-order valence-corrected chi connectivity index (χ0v) is 15.8. The third kappa shape index (κ3) is 5.09. The molecule has 1 atom stereocenters. The standard InChI is InChI=1S/C23H31NO2/c1-2-24(20-13-7-4-8-14-20)17-21(25)18-26-23-16-10-9-15-22(23)19-11-5-3-6-12-19/h3,5-6,9-12,15-16,20-21,25H,2,4,7-8,13-14,17-18H2,1H3. The summed E-state index contributed by atoms with van der Waals surface area (Å²) in [6.45, 7) is 4.19. The van der Waals surface area contributed by atoms with Gasteiger partial charge in [-0.2, -0.15) is 0 Å². The molecular weight excluding hydrogens is 322 g/mol. The molecule has 2 aromatic carbocycles. The van der Waals surface area contributed by atoms with E-state index < -0.39 is 6.10 Å². The molecule has 3 rings (SSSR count). The van der Waals surface area contributed by atoms with E-state index in [2.05, 4.69) is 30.0 Å². The largest absolute Gasteiger partial charge is 0.490 e. The summed E-state index contributed by atoms with van der Waals surface area (Å²) in [6.07, 6.45) is 6.05. The molecule has 3 heteroatoms. The Kier molecular flexibility index (Phi) is 7.10. The van der Waals surface area contributed by atoms with Crippen LogP contribution in [-0.4, -0.2) is 41.8 Å². The number of hydrogen-bond acceptors (Lipinski definition) is 3. The van der Waals surface area contributed by atoms with Gasteiger partial charge in [0.05, 0.1) is 0 Å². The van der Waals surface area contributed by atoms with Crippen LogP contribution in [0.5, 0.6) is 5.75 Å². The van der Waals surface area contributed by atoms with Crippen LogP contribution in [0.25, 0.3) is 11.1 Å². The Bertz CT molecular complexity index is 652. The first-order valence-electron chi connectivity index (χ1n) is 9.97. The lowest BCUT2D eigenvalue weighted by molar-refractivity contribution is 0.0465. The first kappa shape index (κ1) is 18.9. The summed E-state index contributed by atoms with van der Waals surface area (Å²) in [5, 5.41) is 10.5. The summed E-state index contributed by atoms with van der Waals surface area (Å²) >= 11 is 0. The van der Waals surface area contributed by atoms with Crippen molar-refractivity contribution >= 4 is 0 Å². The lowest BCUT2D eigenvalue weighted by Crippen LogP contribution is -2.43. The molecule has 0 aliphatic heterocycles. The van der Waals surface area contributed by atoms with Crippen LogP contribution in [0.3, 0.4) is 0 Å². The smallest absolute Gasteiger partial charge is 0.127 e. The maximum atomic E-state index is 10.5. The number of aliphatic hydroxyl groups is 1. The lowest BCUT2D eigenvalue weighted by atomic mass is 9.94. The predicted octanol–water partition coefficient (Wildman–Crippen LogP) is 4.75. The molecule has 1 N–H and O–H groups in total. The minimum atomic E-state index is -0.472. The van der Waals surface area contributed by atoms with Crippen molar-refractivity contribution in [2.45, 2.75) is 51.2 Å². The summed E-state index contributed by atoms with van der Waals surface area (Å²) in [5.41, 5.74) is 2.20. The fourth-order valence-corrected chi connectivity index (χ4v) is 3.94. The SMILES string of the molecule is CCN(CC(O)COc1ccccc1-c1ccccc1)C1CCCCC1. The van der Waals surface area contributed by atoms with Crippen molar-refractivity contribution in [3.05, 3.63) is 54.6 Å². The lowest BCUT2D eigenvalue weighted by Gasteiger charge is -2.34. The Hall–Kier alpha value is -1.84. The number of nitrogens with zero attached hydrogens (tertiary/aromatic N) is 1. The molecule has 1 aliphatic rings. The van der Waals surface area contributed by atoms with E-state index in [1.165, 1.54) is 32.1 Å². The number of ether oxygens (including phenoxy) is 1. The molecule has 3 nitrogen and oxygen atoms in total. The van der Waals surface area contributed by atoms with E-state index in [0.717, 1.165) is 23.4 Å². The highest BCUT2D eigenvalue weighted by molar-refractivity contribution is 5.70. The number of para-hydroxylation sites is 1. The van der Waals surface area contributed by atoms with Gasteiger partial charge in [-0.15, -0.1) is 0 Å². The highest BCUT2D eigenvalue weighted by atomic mass is 16.5. The second-order valence-electron chi connectivity index (χ2n) is 7.21. The Morgan fingerprint density at radius 1 is 1.00 bits per heavy atom. The van der Waals surface area contributed by atoms with Gasteiger partial charge in [0.1, 0.15) is 18.5 Å². The summed E-state index contributed by atoms with van der Waals surface area (Å²) in [4.78, 5) is 2.43. The van der Waals surface area contributed by atoms with E-state index in [0.29, 0.717) is 19.2 Å². The van der Waals surface area contributed by atoms with Crippen LogP contribution in [-0.2, 0) is 0 Å². The molecule has 0 amide bonds. The highest BCUT2D eigenvalue weighted by Gasteiger charge is 2.22. The van der Waals surface area contributed by atoms with Gasteiger partial charge in [-0.05, 0) is 31.0 Å². The van der Waals surface area contributed by atoms with Gasteiger partial charge in [0.15, 0.2) is 0 Å². The molecule has 1 saturated carbocycles. The zero-order valence-electron chi connectivity index (χ0n) is 15.8. The van der Waals surface area contributed by atoms with Gasteiger partial charge in [0, 0.05) is 18.2 Å². The van der Waals surface area contributed by atoms with E-state index in [-0.39, 0.29) is 0 Å². The fraction of sp³-hybridized carbons (Fsp3) is 0.478. The first-order valence-corrected chi connectivity index (χ1v) is 9.97. The van der Waals surface area contributed by atoms with Gasteiger partial charge >= 0.3 is 0 Å².